The summed E-state index contributed by atoms with van der Waals surface area (Å²) in [5.41, 5.74) is 3.39. The van der Waals surface area contributed by atoms with Gasteiger partial charge in [0.15, 0.2) is 5.65 Å². The van der Waals surface area contributed by atoms with Crippen LogP contribution >= 0.6 is 0 Å². The molecule has 4 aromatic rings. The lowest BCUT2D eigenvalue weighted by atomic mass is 10.0. The van der Waals surface area contributed by atoms with Gasteiger partial charge < -0.3 is 9.80 Å². The Labute approximate surface area is 231 Å². The van der Waals surface area contributed by atoms with Crippen molar-refractivity contribution in [3.63, 3.8) is 0 Å². The first-order valence-corrected chi connectivity index (χ1v) is 13.7. The van der Waals surface area contributed by atoms with Gasteiger partial charge in [-0.25, -0.2) is 22.7 Å². The molecule has 40 heavy (non-hydrogen) atoms. The van der Waals surface area contributed by atoms with Gasteiger partial charge in [-0.05, 0) is 68.5 Å². The van der Waals surface area contributed by atoms with Crippen molar-refractivity contribution in [1.29, 1.82) is 0 Å². The van der Waals surface area contributed by atoms with E-state index in [9.17, 15) is 13.2 Å². The Balaban J connectivity index is 1.21. The number of pyridine rings is 1. The van der Waals surface area contributed by atoms with Crippen molar-refractivity contribution in [3.05, 3.63) is 83.4 Å². The van der Waals surface area contributed by atoms with Gasteiger partial charge in [0.2, 0.25) is 0 Å². The zero-order chi connectivity index (χ0) is 27.8. The number of hydrogen-bond acceptors (Lipinski definition) is 6. The predicted molar refractivity (Wildman–Crippen MR) is 151 cm³/mol. The largest absolute Gasteiger partial charge is 0.368 e. The molecule has 6 rings (SSSR count). The monoisotopic (exact) mass is 547 g/mol. The molecule has 2 aliphatic heterocycles. The van der Waals surface area contributed by atoms with Crippen molar-refractivity contribution in [2.75, 3.05) is 42.5 Å². The Morgan fingerprint density at radius 2 is 1.75 bits per heavy atom. The summed E-state index contributed by atoms with van der Waals surface area (Å²) in [4.78, 5) is 15.6. The molecule has 1 aromatic carbocycles. The molecule has 2 fully saturated rings. The van der Waals surface area contributed by atoms with Crippen molar-refractivity contribution >= 4 is 29.3 Å². The highest BCUT2D eigenvalue weighted by atomic mass is 19.1. The number of hydrogen-bond donors (Lipinski definition) is 0. The van der Waals surface area contributed by atoms with Crippen molar-refractivity contribution in [2.45, 2.75) is 38.5 Å². The van der Waals surface area contributed by atoms with Crippen LogP contribution in [-0.2, 0) is 0 Å². The van der Waals surface area contributed by atoms with Crippen molar-refractivity contribution in [3.8, 4) is 0 Å². The number of alkyl halides is 1. The van der Waals surface area contributed by atoms with Gasteiger partial charge >= 0.3 is 0 Å². The fraction of sp³-hybridized carbons (Fsp3) is 0.367. The minimum Gasteiger partial charge on any atom is -0.368 e. The van der Waals surface area contributed by atoms with E-state index in [4.69, 9.17) is 5.10 Å². The molecule has 0 spiro atoms. The topological polar surface area (TPSA) is 52.8 Å². The SMILES string of the molecule is CC(C)N1CCN(c2ccc(/C=C/c3cnc4ccc(N5C[C@@H](F)C[C@@H]5c5cc(F)ccc5F)nn34)nc2)CC1. The van der Waals surface area contributed by atoms with Gasteiger partial charge in [0.25, 0.3) is 0 Å². The van der Waals surface area contributed by atoms with E-state index in [-0.39, 0.29) is 18.5 Å². The fourth-order valence-electron chi connectivity index (χ4n) is 5.60. The van der Waals surface area contributed by atoms with Gasteiger partial charge in [-0.3, -0.25) is 9.88 Å². The molecular formula is C30H32F3N7. The van der Waals surface area contributed by atoms with E-state index in [0.29, 0.717) is 17.5 Å². The first-order chi connectivity index (χ1) is 19.4. The van der Waals surface area contributed by atoms with Crippen LogP contribution in [0.3, 0.4) is 0 Å². The van der Waals surface area contributed by atoms with E-state index in [0.717, 1.165) is 61.5 Å². The molecule has 0 bridgehead atoms. The number of benzene rings is 1. The highest BCUT2D eigenvalue weighted by Gasteiger charge is 2.36. The van der Waals surface area contributed by atoms with E-state index in [1.165, 1.54) is 0 Å². The molecule has 7 nitrogen and oxygen atoms in total. The lowest BCUT2D eigenvalue weighted by molar-refractivity contribution is 0.209. The van der Waals surface area contributed by atoms with Crippen LogP contribution in [0.15, 0.2) is 54.9 Å². The number of rotatable bonds is 6. The van der Waals surface area contributed by atoms with Crippen LogP contribution in [0.2, 0.25) is 0 Å². The van der Waals surface area contributed by atoms with Gasteiger partial charge in [-0.1, -0.05) is 0 Å². The second kappa shape index (κ2) is 10.9. The van der Waals surface area contributed by atoms with Crippen molar-refractivity contribution in [1.82, 2.24) is 24.5 Å². The number of halogens is 3. The second-order valence-electron chi connectivity index (χ2n) is 10.7. The molecule has 10 heteroatoms. The highest BCUT2D eigenvalue weighted by molar-refractivity contribution is 5.68. The van der Waals surface area contributed by atoms with Gasteiger partial charge in [-0.15, -0.1) is 5.10 Å². The number of nitrogens with zero attached hydrogens (tertiary/aromatic N) is 7. The molecule has 3 aromatic heterocycles. The normalized spacial score (nSPS) is 20.4. The Morgan fingerprint density at radius 3 is 2.50 bits per heavy atom. The standard InChI is InChI=1S/C30H32F3N7/c1-20(2)37-11-13-38(14-12-37)24-6-4-23(34-17-24)5-7-25-18-35-29-9-10-30(36-40(25)29)39-19-22(32)16-28(39)26-15-21(31)3-8-27(26)33/h3-10,15,17-18,20,22,28H,11-14,16,19H2,1-2H3/b7-5+/t22-,28+/m0/s1. The maximum Gasteiger partial charge on any atom is 0.154 e. The lowest BCUT2D eigenvalue weighted by Gasteiger charge is -2.38. The third-order valence-corrected chi connectivity index (χ3v) is 7.84. The minimum atomic E-state index is -1.18. The van der Waals surface area contributed by atoms with Crippen molar-refractivity contribution < 1.29 is 13.2 Å². The van der Waals surface area contributed by atoms with Crippen LogP contribution in [0, 0.1) is 11.6 Å². The second-order valence-corrected chi connectivity index (χ2v) is 10.7. The first-order valence-electron chi connectivity index (χ1n) is 13.7. The summed E-state index contributed by atoms with van der Waals surface area (Å²) in [6, 6.07) is 10.8. The molecule has 0 unspecified atom stereocenters. The average molecular weight is 548 g/mol. The van der Waals surface area contributed by atoms with Crippen LogP contribution in [0.4, 0.5) is 24.7 Å². The van der Waals surface area contributed by atoms with Crippen LogP contribution in [-0.4, -0.2) is 69.4 Å². The van der Waals surface area contributed by atoms with Gasteiger partial charge in [0, 0.05) is 44.2 Å². The Kier molecular flexibility index (Phi) is 7.18. The molecule has 0 amide bonds. The molecule has 0 aliphatic carbocycles. The summed E-state index contributed by atoms with van der Waals surface area (Å²) < 4.78 is 44.7. The molecule has 2 saturated heterocycles. The van der Waals surface area contributed by atoms with Crippen LogP contribution in [0.25, 0.3) is 17.8 Å². The van der Waals surface area contributed by atoms with Crippen LogP contribution in [0.1, 0.15) is 43.3 Å². The van der Waals surface area contributed by atoms with Crippen LogP contribution < -0.4 is 9.80 Å². The summed E-state index contributed by atoms with van der Waals surface area (Å²) in [7, 11) is 0. The maximum atomic E-state index is 14.6. The summed E-state index contributed by atoms with van der Waals surface area (Å²) in [5, 5.41) is 4.70. The maximum absolute atomic E-state index is 14.6. The molecule has 2 atom stereocenters. The number of piperazine rings is 1. The van der Waals surface area contributed by atoms with E-state index in [2.05, 4.69) is 39.7 Å². The summed E-state index contributed by atoms with van der Waals surface area (Å²) in [6.07, 6.45) is 6.27. The Bertz CT molecular complexity index is 1510. The zero-order valence-corrected chi connectivity index (χ0v) is 22.6. The summed E-state index contributed by atoms with van der Waals surface area (Å²) >= 11 is 0. The minimum absolute atomic E-state index is 0.0434. The predicted octanol–water partition coefficient (Wildman–Crippen LogP) is 5.39. The van der Waals surface area contributed by atoms with E-state index < -0.39 is 23.8 Å². The Morgan fingerprint density at radius 1 is 0.925 bits per heavy atom. The molecule has 208 valence electrons. The molecule has 2 aliphatic rings. The van der Waals surface area contributed by atoms with Gasteiger partial charge in [0.1, 0.15) is 23.6 Å². The number of fused-ring (bicyclic) bond motifs is 1. The van der Waals surface area contributed by atoms with E-state index >= 15 is 0 Å². The third kappa shape index (κ3) is 5.28. The molecule has 0 saturated carbocycles. The quantitative estimate of drug-likeness (QED) is 0.323. The molecular weight excluding hydrogens is 515 g/mol. The molecule has 0 N–H and O–H groups in total. The van der Waals surface area contributed by atoms with Crippen LogP contribution in [0.5, 0.6) is 0 Å². The zero-order valence-electron chi connectivity index (χ0n) is 22.6. The molecule has 0 radical (unpaired) electrons. The molecule has 5 heterocycles. The number of aromatic nitrogens is 4. The van der Waals surface area contributed by atoms with Gasteiger partial charge in [0.05, 0.1) is 42.1 Å². The smallest absolute Gasteiger partial charge is 0.154 e. The average Bonchev–Trinajstić information content (AvgIpc) is 3.56. The summed E-state index contributed by atoms with van der Waals surface area (Å²) in [5.74, 6) is -0.650. The first kappa shape index (κ1) is 26.3. The van der Waals surface area contributed by atoms with E-state index in [1.807, 2.05) is 24.4 Å². The lowest BCUT2D eigenvalue weighted by Crippen LogP contribution is -2.48. The van der Waals surface area contributed by atoms with Crippen molar-refractivity contribution in [2.24, 2.45) is 0 Å². The third-order valence-electron chi connectivity index (χ3n) is 7.84. The number of imidazole rings is 1. The number of anilines is 2. The van der Waals surface area contributed by atoms with E-state index in [1.54, 1.807) is 27.7 Å². The fourth-order valence-corrected chi connectivity index (χ4v) is 5.60. The Hall–Kier alpha value is -3.92. The highest BCUT2D eigenvalue weighted by Crippen LogP contribution is 2.38. The van der Waals surface area contributed by atoms with Gasteiger partial charge in [-0.2, -0.15) is 0 Å². The summed E-state index contributed by atoms with van der Waals surface area (Å²) in [6.45, 7) is 8.56.